The Hall–Kier alpha value is -5.58. The highest BCUT2D eigenvalue weighted by atomic mass is 79.9. The van der Waals surface area contributed by atoms with Crippen molar-refractivity contribution in [1.82, 2.24) is 23.6 Å². The summed E-state index contributed by atoms with van der Waals surface area (Å²) in [4.78, 5) is 31.0. The number of nitrogens with zero attached hydrogens (tertiary/aromatic N) is 6. The second-order valence-electron chi connectivity index (χ2n) is 17.5. The van der Waals surface area contributed by atoms with Gasteiger partial charge in [-0.2, -0.15) is 9.40 Å². The molecule has 3 heterocycles. The van der Waals surface area contributed by atoms with Crippen LogP contribution in [0.1, 0.15) is 68.0 Å². The summed E-state index contributed by atoms with van der Waals surface area (Å²) in [6.07, 6.45) is 2.54. The molecular formula is C50H61BrN6O8S. The molecule has 0 radical (unpaired) electrons. The summed E-state index contributed by atoms with van der Waals surface area (Å²) in [5, 5.41) is 8.57. The standard InChI is InChI=1S/C50H61BrN6O8S/c1-8-62-48(58)47-40(20-13-32-63-44-21-11-16-35-15-9-10-17-38(35)44)39-18-12-19-41(46(39)57(47)27-14-26-53(5)49(59)65-50(2,3)4)45-42(52-54(6)43(45)33-51)34-64-37-24-22-36(23-25-37)55-28-30-56(31-29-55)66(7,60)61/h9-12,15-19,21-25H,8,13-14,20,26-34H2,1-7H3. The molecule has 0 atom stereocenters. The summed E-state index contributed by atoms with van der Waals surface area (Å²) in [5.74, 6) is 1.06. The van der Waals surface area contributed by atoms with Crippen molar-refractivity contribution >= 4 is 65.4 Å². The minimum Gasteiger partial charge on any atom is -0.493 e. The molecule has 0 spiro atoms. The Balaban J connectivity index is 1.22. The van der Waals surface area contributed by atoms with Crippen molar-refractivity contribution in [3.8, 4) is 22.6 Å². The number of alkyl halides is 1. The molecule has 14 nitrogen and oxygen atoms in total. The Labute approximate surface area is 396 Å². The van der Waals surface area contributed by atoms with E-state index >= 15 is 0 Å². The normalized spacial score (nSPS) is 13.6. The van der Waals surface area contributed by atoms with Crippen molar-refractivity contribution in [1.29, 1.82) is 0 Å². The van der Waals surface area contributed by atoms with Crippen LogP contribution in [-0.4, -0.2) is 109 Å². The van der Waals surface area contributed by atoms with Gasteiger partial charge in [0.15, 0.2) is 0 Å². The van der Waals surface area contributed by atoms with Crippen LogP contribution in [0.3, 0.4) is 0 Å². The molecule has 0 unspecified atom stereocenters. The maximum Gasteiger partial charge on any atom is 0.410 e. The zero-order valence-corrected chi connectivity index (χ0v) is 41.4. The zero-order valence-electron chi connectivity index (χ0n) is 39.0. The van der Waals surface area contributed by atoms with E-state index in [1.165, 1.54) is 10.6 Å². The van der Waals surface area contributed by atoms with Crippen LogP contribution in [0.25, 0.3) is 32.8 Å². The molecule has 1 fully saturated rings. The number of hydrogen-bond acceptors (Lipinski definition) is 10. The lowest BCUT2D eigenvalue weighted by atomic mass is 9.98. The van der Waals surface area contributed by atoms with Gasteiger partial charge in [-0.1, -0.05) is 70.5 Å². The molecule has 7 rings (SSSR count). The van der Waals surface area contributed by atoms with Crippen LogP contribution in [0.4, 0.5) is 10.5 Å². The average molecular weight is 986 g/mol. The SMILES string of the molecule is CCOC(=O)c1c(CCCOc2cccc3ccccc23)c2cccc(-c3c(COc4ccc(N5CCN(S(C)(=O)=O)CC5)cc4)nn(C)c3CBr)c2n1CCCN(C)C(=O)OC(C)(C)C. The number of rotatable bonds is 18. The van der Waals surface area contributed by atoms with Crippen LogP contribution in [-0.2, 0) is 51.4 Å². The average Bonchev–Trinajstić information content (AvgIpc) is 3.79. The van der Waals surface area contributed by atoms with E-state index < -0.39 is 27.7 Å². The molecule has 4 aromatic carbocycles. The Morgan fingerprint density at radius 1 is 0.879 bits per heavy atom. The first-order chi connectivity index (χ1) is 31.6. The molecule has 1 saturated heterocycles. The van der Waals surface area contributed by atoms with E-state index in [0.29, 0.717) is 81.9 Å². The monoisotopic (exact) mass is 984 g/mol. The molecule has 0 aliphatic carbocycles. The summed E-state index contributed by atoms with van der Waals surface area (Å²) in [7, 11) is 0.415. The Morgan fingerprint density at radius 2 is 1.58 bits per heavy atom. The van der Waals surface area contributed by atoms with Gasteiger partial charge in [0.1, 0.15) is 35.1 Å². The van der Waals surface area contributed by atoms with Crippen molar-refractivity contribution in [2.24, 2.45) is 7.05 Å². The van der Waals surface area contributed by atoms with Crippen LogP contribution in [0.5, 0.6) is 11.5 Å². The van der Waals surface area contributed by atoms with E-state index in [-0.39, 0.29) is 13.2 Å². The van der Waals surface area contributed by atoms with E-state index in [1.54, 1.807) is 11.9 Å². The summed E-state index contributed by atoms with van der Waals surface area (Å²) in [5.41, 5.74) is 6.01. The van der Waals surface area contributed by atoms with Gasteiger partial charge < -0.3 is 33.3 Å². The minimum absolute atomic E-state index is 0.170. The smallest absolute Gasteiger partial charge is 0.410 e. The maximum atomic E-state index is 14.3. The highest BCUT2D eigenvalue weighted by Gasteiger charge is 2.29. The van der Waals surface area contributed by atoms with E-state index in [4.69, 9.17) is 24.0 Å². The number of fused-ring (bicyclic) bond motifs is 2. The molecular weight excluding hydrogens is 925 g/mol. The third-order valence-corrected chi connectivity index (χ3v) is 13.6. The molecule has 0 bridgehead atoms. The number of amides is 1. The van der Waals surface area contributed by atoms with E-state index in [2.05, 4.69) is 55.7 Å². The fourth-order valence-electron chi connectivity index (χ4n) is 8.61. The fourth-order valence-corrected chi connectivity index (χ4v) is 10.1. The van der Waals surface area contributed by atoms with Crippen molar-refractivity contribution in [3.05, 3.63) is 108 Å². The minimum atomic E-state index is -3.22. The first-order valence-corrected chi connectivity index (χ1v) is 25.4. The van der Waals surface area contributed by atoms with Gasteiger partial charge in [0, 0.05) is 86.3 Å². The quantitative estimate of drug-likeness (QED) is 0.0466. The summed E-state index contributed by atoms with van der Waals surface area (Å²) in [6.45, 7) is 11.0. The Kier molecular flexibility index (Phi) is 15.3. The van der Waals surface area contributed by atoms with Gasteiger partial charge in [-0.25, -0.2) is 18.0 Å². The van der Waals surface area contributed by atoms with Gasteiger partial charge in [-0.15, -0.1) is 0 Å². The fraction of sp³-hybridized carbons (Fsp3) is 0.420. The first kappa shape index (κ1) is 48.4. The second kappa shape index (κ2) is 20.9. The third kappa shape index (κ3) is 11.2. The number of sulfonamides is 1. The van der Waals surface area contributed by atoms with Crippen LogP contribution in [0.15, 0.2) is 84.9 Å². The van der Waals surface area contributed by atoms with Crippen LogP contribution in [0, 0.1) is 0 Å². The molecule has 16 heteroatoms. The lowest BCUT2D eigenvalue weighted by molar-refractivity contribution is 0.0294. The number of carbonyl (C=O) groups excluding carboxylic acids is 2. The van der Waals surface area contributed by atoms with Gasteiger partial charge in [-0.3, -0.25) is 4.68 Å². The molecule has 0 saturated carbocycles. The van der Waals surface area contributed by atoms with Crippen molar-refractivity contribution < 1.29 is 37.0 Å². The summed E-state index contributed by atoms with van der Waals surface area (Å²) < 4.78 is 53.8. The number of aryl methyl sites for hydroxylation is 3. The number of aromatic nitrogens is 3. The number of carbonyl (C=O) groups is 2. The zero-order chi connectivity index (χ0) is 47.2. The summed E-state index contributed by atoms with van der Waals surface area (Å²) >= 11 is 3.75. The topological polar surface area (TPSA) is 138 Å². The molecule has 2 aromatic heterocycles. The Morgan fingerprint density at radius 3 is 2.27 bits per heavy atom. The number of benzene rings is 4. The number of piperazine rings is 1. The number of ether oxygens (including phenoxy) is 4. The van der Waals surface area contributed by atoms with Crippen LogP contribution < -0.4 is 14.4 Å². The van der Waals surface area contributed by atoms with Crippen molar-refractivity contribution in [2.75, 3.05) is 64.1 Å². The first-order valence-electron chi connectivity index (χ1n) is 22.5. The van der Waals surface area contributed by atoms with Crippen molar-refractivity contribution in [3.63, 3.8) is 0 Å². The largest absolute Gasteiger partial charge is 0.493 e. The number of halogens is 1. The number of para-hydroxylation sites is 1. The van der Waals surface area contributed by atoms with Crippen LogP contribution in [0.2, 0.25) is 0 Å². The molecule has 1 aliphatic rings. The predicted octanol–water partition coefficient (Wildman–Crippen LogP) is 9.20. The van der Waals surface area contributed by atoms with Crippen molar-refractivity contribution in [2.45, 2.75) is 71.0 Å². The molecule has 1 amide bonds. The number of anilines is 1. The Bertz CT molecular complexity index is 2770. The van der Waals surface area contributed by atoms with Gasteiger partial charge >= 0.3 is 12.1 Å². The number of hydrogen-bond donors (Lipinski definition) is 0. The van der Waals surface area contributed by atoms with Gasteiger partial charge in [0.05, 0.1) is 30.7 Å². The highest BCUT2D eigenvalue weighted by Crippen LogP contribution is 2.40. The summed E-state index contributed by atoms with van der Waals surface area (Å²) in [6, 6.07) is 28.2. The molecule has 0 N–H and O–H groups in total. The van der Waals surface area contributed by atoms with Gasteiger partial charge in [-0.05, 0) is 88.2 Å². The molecule has 1 aliphatic heterocycles. The third-order valence-electron chi connectivity index (χ3n) is 11.7. The highest BCUT2D eigenvalue weighted by molar-refractivity contribution is 9.08. The maximum absolute atomic E-state index is 14.3. The van der Waals surface area contributed by atoms with E-state index in [9.17, 15) is 18.0 Å². The predicted molar refractivity (Wildman–Crippen MR) is 263 cm³/mol. The van der Waals surface area contributed by atoms with Gasteiger partial charge in [0.25, 0.3) is 0 Å². The molecule has 6 aromatic rings. The van der Waals surface area contributed by atoms with Gasteiger partial charge in [0.2, 0.25) is 10.0 Å². The molecule has 352 valence electrons. The van der Waals surface area contributed by atoms with Crippen LogP contribution >= 0.6 is 15.9 Å². The molecule has 66 heavy (non-hydrogen) atoms. The number of esters is 1. The second-order valence-corrected chi connectivity index (χ2v) is 20.1. The van der Waals surface area contributed by atoms with E-state index in [1.807, 2.05) is 94.0 Å². The van der Waals surface area contributed by atoms with E-state index in [0.717, 1.165) is 61.2 Å². The lowest BCUT2D eigenvalue weighted by Crippen LogP contribution is -2.48. The lowest BCUT2D eigenvalue weighted by Gasteiger charge is -2.34.